The van der Waals surface area contributed by atoms with Crippen LogP contribution in [0.15, 0.2) is 0 Å². The summed E-state index contributed by atoms with van der Waals surface area (Å²) in [5.74, 6) is -2.16. The average Bonchev–Trinajstić information content (AvgIpc) is 2.60. The van der Waals surface area contributed by atoms with Crippen molar-refractivity contribution in [2.24, 2.45) is 11.5 Å². The van der Waals surface area contributed by atoms with Crippen LogP contribution in [0.2, 0.25) is 0 Å². The second-order valence-electron chi connectivity index (χ2n) is 5.77. The molecule has 0 spiro atoms. The molecule has 9 nitrogen and oxygen atoms in total. The van der Waals surface area contributed by atoms with Crippen molar-refractivity contribution in [3.63, 3.8) is 0 Å². The third kappa shape index (κ3) is 5.93. The molecule has 0 aromatic rings. The van der Waals surface area contributed by atoms with E-state index in [0.717, 1.165) is 0 Å². The van der Waals surface area contributed by atoms with E-state index in [1.807, 2.05) is 0 Å². The molecule has 0 aromatic carbocycles. The topological polar surface area (TPSA) is 151 Å². The Bertz CT molecular complexity index is 511. The lowest BCUT2D eigenvalue weighted by molar-refractivity contribution is -0.138. The number of hydrogen-bond acceptors (Lipinski definition) is 9. The standard InChI is InChI=1S/C13H28N6O3S3/c1-4-17-12(14,6-24)10(22)18-11(2,5-23)8(20)19-13(15,7-25)9(21)16-3/h17,23-25H,4-7,14-15H2,1-3H3,(H,16,21)(H,18,22)(H,19,20)/t11-,12?,13-/m0/s1. The van der Waals surface area contributed by atoms with E-state index in [4.69, 9.17) is 11.5 Å². The number of likely N-dealkylation sites (N-methyl/N-ethyl adjacent to an activating group) is 2. The number of nitrogens with one attached hydrogen (secondary N) is 4. The molecule has 0 rings (SSSR count). The Kier molecular flexibility index (Phi) is 9.62. The molecule has 0 aromatic heterocycles. The summed E-state index contributed by atoms with van der Waals surface area (Å²) >= 11 is 12.2. The van der Waals surface area contributed by atoms with Gasteiger partial charge < -0.3 is 27.4 Å². The van der Waals surface area contributed by atoms with Crippen molar-refractivity contribution in [3.8, 4) is 0 Å². The van der Waals surface area contributed by atoms with E-state index >= 15 is 0 Å². The van der Waals surface area contributed by atoms with Crippen LogP contribution >= 0.6 is 37.9 Å². The van der Waals surface area contributed by atoms with Crippen LogP contribution in [0.1, 0.15) is 13.8 Å². The summed E-state index contributed by atoms with van der Waals surface area (Å²) in [5, 5.41) is 10.1. The highest BCUT2D eigenvalue weighted by Gasteiger charge is 2.43. The summed E-state index contributed by atoms with van der Waals surface area (Å²) in [4.78, 5) is 37.0. The number of nitrogens with two attached hydrogens (primary N) is 2. The third-order valence-electron chi connectivity index (χ3n) is 3.57. The lowest BCUT2D eigenvalue weighted by Gasteiger charge is -2.36. The molecular formula is C13H28N6O3S3. The number of hydrogen-bond donors (Lipinski definition) is 9. The summed E-state index contributed by atoms with van der Waals surface area (Å²) in [6, 6.07) is 0. The average molecular weight is 413 g/mol. The molecule has 0 saturated heterocycles. The first-order chi connectivity index (χ1) is 11.5. The summed E-state index contributed by atoms with van der Waals surface area (Å²) in [6.07, 6.45) is 0. The van der Waals surface area contributed by atoms with Crippen LogP contribution in [0.5, 0.6) is 0 Å². The summed E-state index contributed by atoms with van der Waals surface area (Å²) in [5.41, 5.74) is 7.19. The number of carbonyl (C=O) groups excluding carboxylic acids is 3. The van der Waals surface area contributed by atoms with E-state index in [-0.39, 0.29) is 17.3 Å². The molecule has 0 bridgehead atoms. The van der Waals surface area contributed by atoms with Gasteiger partial charge in [-0.15, -0.1) is 0 Å². The van der Waals surface area contributed by atoms with Crippen LogP contribution in [0.4, 0.5) is 0 Å². The molecule has 0 fully saturated rings. The number of amides is 3. The SMILES string of the molecule is CCNC(N)(CS)C(=O)N[C@@](C)(CS)C(=O)N[C@@](N)(CS)C(=O)NC. The molecule has 0 aliphatic rings. The Balaban J connectivity index is 5.42. The maximum absolute atomic E-state index is 12.7. The van der Waals surface area contributed by atoms with Crippen molar-refractivity contribution in [2.45, 2.75) is 30.7 Å². The van der Waals surface area contributed by atoms with Crippen LogP contribution in [0, 0.1) is 0 Å². The van der Waals surface area contributed by atoms with Crippen molar-refractivity contribution in [3.05, 3.63) is 0 Å². The minimum atomic E-state index is -1.74. The van der Waals surface area contributed by atoms with Gasteiger partial charge in [-0.3, -0.25) is 19.7 Å². The highest BCUT2D eigenvalue weighted by atomic mass is 32.1. The van der Waals surface area contributed by atoms with E-state index in [2.05, 4.69) is 59.2 Å². The smallest absolute Gasteiger partial charge is 0.261 e. The zero-order valence-corrected chi connectivity index (χ0v) is 17.2. The zero-order valence-electron chi connectivity index (χ0n) is 14.5. The summed E-state index contributed by atoms with van der Waals surface area (Å²) < 4.78 is 0. The van der Waals surface area contributed by atoms with Crippen LogP contribution in [0.25, 0.3) is 0 Å². The van der Waals surface area contributed by atoms with Crippen LogP contribution < -0.4 is 32.7 Å². The second-order valence-corrected chi connectivity index (χ2v) is 6.72. The van der Waals surface area contributed by atoms with Crippen molar-refractivity contribution in [2.75, 3.05) is 30.9 Å². The predicted octanol–water partition coefficient (Wildman–Crippen LogP) is -2.57. The first-order valence-corrected chi connectivity index (χ1v) is 9.41. The lowest BCUT2D eigenvalue weighted by atomic mass is 10.0. The van der Waals surface area contributed by atoms with Gasteiger partial charge >= 0.3 is 0 Å². The van der Waals surface area contributed by atoms with Crippen LogP contribution in [0.3, 0.4) is 0 Å². The minimum absolute atomic E-state index is 0.00660. The first kappa shape index (κ1) is 24.3. The predicted molar refractivity (Wildman–Crippen MR) is 108 cm³/mol. The fourth-order valence-electron chi connectivity index (χ4n) is 1.79. The normalized spacial score (nSPS) is 18.2. The van der Waals surface area contributed by atoms with Gasteiger partial charge in [0, 0.05) is 24.3 Å². The van der Waals surface area contributed by atoms with E-state index in [0.29, 0.717) is 6.54 Å². The number of carbonyl (C=O) groups is 3. The number of thiol groups is 3. The molecule has 0 heterocycles. The van der Waals surface area contributed by atoms with E-state index < -0.39 is 34.6 Å². The van der Waals surface area contributed by atoms with Crippen LogP contribution in [-0.4, -0.2) is 65.4 Å². The molecule has 25 heavy (non-hydrogen) atoms. The second kappa shape index (κ2) is 9.88. The fraction of sp³-hybridized carbons (Fsp3) is 0.769. The van der Waals surface area contributed by atoms with Crippen molar-refractivity contribution >= 4 is 55.6 Å². The monoisotopic (exact) mass is 412 g/mol. The maximum atomic E-state index is 12.7. The van der Waals surface area contributed by atoms with E-state index in [1.165, 1.54) is 14.0 Å². The minimum Gasteiger partial charge on any atom is -0.356 e. The first-order valence-electron chi connectivity index (χ1n) is 7.51. The molecule has 0 saturated carbocycles. The van der Waals surface area contributed by atoms with Crippen molar-refractivity contribution in [1.82, 2.24) is 21.3 Å². The molecule has 0 radical (unpaired) electrons. The number of rotatable bonds is 10. The largest absolute Gasteiger partial charge is 0.356 e. The zero-order chi connectivity index (χ0) is 19.9. The molecule has 3 amide bonds. The van der Waals surface area contributed by atoms with Gasteiger partial charge in [0.05, 0.1) is 0 Å². The quantitative estimate of drug-likeness (QED) is 0.142. The third-order valence-corrected chi connectivity index (χ3v) is 5.20. The van der Waals surface area contributed by atoms with Gasteiger partial charge in [-0.25, -0.2) is 0 Å². The Labute approximate surface area is 164 Å². The van der Waals surface area contributed by atoms with Crippen LogP contribution in [-0.2, 0) is 14.4 Å². The van der Waals surface area contributed by atoms with Gasteiger partial charge in [-0.05, 0) is 13.5 Å². The van der Waals surface area contributed by atoms with Gasteiger partial charge in [0.1, 0.15) is 5.54 Å². The molecule has 146 valence electrons. The molecule has 8 N–H and O–H groups in total. The van der Waals surface area contributed by atoms with E-state index in [1.54, 1.807) is 6.92 Å². The van der Waals surface area contributed by atoms with Gasteiger partial charge in [0.15, 0.2) is 11.3 Å². The highest BCUT2D eigenvalue weighted by Crippen LogP contribution is 2.12. The fourth-order valence-corrected chi connectivity index (χ4v) is 2.49. The molecule has 1 unspecified atom stereocenters. The van der Waals surface area contributed by atoms with Gasteiger partial charge in [0.25, 0.3) is 11.8 Å². The van der Waals surface area contributed by atoms with Crippen molar-refractivity contribution in [1.29, 1.82) is 0 Å². The molecule has 0 aliphatic heterocycles. The molecule has 3 atom stereocenters. The molecular weight excluding hydrogens is 384 g/mol. The maximum Gasteiger partial charge on any atom is 0.261 e. The summed E-state index contributed by atoms with van der Waals surface area (Å²) in [6.45, 7) is 3.65. The lowest BCUT2D eigenvalue weighted by Crippen LogP contribution is -2.74. The van der Waals surface area contributed by atoms with Gasteiger partial charge in [0.2, 0.25) is 5.91 Å². The Morgan fingerprint density at radius 2 is 1.40 bits per heavy atom. The van der Waals surface area contributed by atoms with E-state index in [9.17, 15) is 14.4 Å². The Morgan fingerprint density at radius 3 is 1.76 bits per heavy atom. The Morgan fingerprint density at radius 1 is 0.880 bits per heavy atom. The molecule has 0 aliphatic carbocycles. The Hall–Kier alpha value is -0.660. The van der Waals surface area contributed by atoms with Gasteiger partial charge in [-0.2, -0.15) is 37.9 Å². The molecule has 12 heteroatoms. The van der Waals surface area contributed by atoms with Gasteiger partial charge in [-0.1, -0.05) is 6.92 Å². The highest BCUT2D eigenvalue weighted by molar-refractivity contribution is 7.80. The summed E-state index contributed by atoms with van der Waals surface area (Å²) in [7, 11) is 1.38. The van der Waals surface area contributed by atoms with Crippen molar-refractivity contribution < 1.29 is 14.4 Å².